The molecule has 1 aliphatic heterocycles. The largest absolute Gasteiger partial charge is 0.354 e. The van der Waals surface area contributed by atoms with Crippen molar-refractivity contribution in [1.82, 2.24) is 0 Å². The average molecular weight is 423 g/mol. The Hall–Kier alpha value is -4.30. The maximum atomic E-state index is 3.87. The number of hydrogen-bond acceptors (Lipinski definition) is 2. The van der Waals surface area contributed by atoms with E-state index in [0.29, 0.717) is 0 Å². The fourth-order valence-corrected chi connectivity index (χ4v) is 5.42. The lowest BCUT2D eigenvalue weighted by atomic mass is 9.92. The van der Waals surface area contributed by atoms with Gasteiger partial charge in [0.05, 0.1) is 11.4 Å². The molecule has 2 nitrogen and oxygen atoms in total. The van der Waals surface area contributed by atoms with E-state index in [1.54, 1.807) is 0 Å². The lowest BCUT2D eigenvalue weighted by Gasteiger charge is -2.32. The highest BCUT2D eigenvalue weighted by Gasteiger charge is 2.40. The van der Waals surface area contributed by atoms with Crippen LogP contribution in [0.5, 0.6) is 0 Å². The summed E-state index contributed by atoms with van der Waals surface area (Å²) in [5.74, 6) is 0. The molecule has 0 fully saturated rings. The Labute approximate surface area is 192 Å². The quantitative estimate of drug-likeness (QED) is 0.277. The number of nitrogens with one attached hydrogen (secondary N) is 2. The summed E-state index contributed by atoms with van der Waals surface area (Å²) in [5.41, 5.74) is 4.09. The molecule has 0 bridgehead atoms. The normalized spacial score (nSPS) is 14.2. The molecular weight excluding hydrogens is 400 g/mol. The second-order valence-electron chi connectivity index (χ2n) is 8.77. The van der Waals surface area contributed by atoms with E-state index in [9.17, 15) is 0 Å². The van der Waals surface area contributed by atoms with Crippen molar-refractivity contribution < 1.29 is 0 Å². The van der Waals surface area contributed by atoms with E-state index in [1.807, 2.05) is 0 Å². The fourth-order valence-electron chi connectivity index (χ4n) is 5.42. The summed E-state index contributed by atoms with van der Waals surface area (Å²) in [6.45, 7) is 0. The summed E-state index contributed by atoms with van der Waals surface area (Å²) in [6, 6.07) is 43.4. The van der Waals surface area contributed by atoms with Crippen LogP contribution in [-0.4, -0.2) is 0 Å². The molecule has 0 saturated heterocycles. The summed E-state index contributed by atoms with van der Waals surface area (Å²) >= 11 is 0. The van der Waals surface area contributed by atoms with Gasteiger partial charge in [0.25, 0.3) is 0 Å². The molecule has 0 aliphatic carbocycles. The van der Waals surface area contributed by atoms with Gasteiger partial charge < -0.3 is 10.6 Å². The van der Waals surface area contributed by atoms with Crippen LogP contribution in [0.1, 0.15) is 11.1 Å². The van der Waals surface area contributed by atoms with Crippen molar-refractivity contribution in [3.63, 3.8) is 0 Å². The molecule has 7 rings (SSSR count). The molecule has 0 unspecified atom stereocenters. The van der Waals surface area contributed by atoms with Crippen molar-refractivity contribution in [2.45, 2.75) is 5.66 Å². The van der Waals surface area contributed by atoms with Crippen molar-refractivity contribution in [2.75, 3.05) is 10.6 Å². The highest BCUT2D eigenvalue weighted by Crippen LogP contribution is 2.47. The van der Waals surface area contributed by atoms with Crippen LogP contribution in [0.25, 0.3) is 32.3 Å². The number of benzene rings is 6. The Morgan fingerprint density at radius 2 is 0.697 bits per heavy atom. The molecule has 0 amide bonds. The van der Waals surface area contributed by atoms with Crippen molar-refractivity contribution in [3.05, 3.63) is 132 Å². The van der Waals surface area contributed by atoms with Crippen molar-refractivity contribution in [1.29, 1.82) is 0 Å². The summed E-state index contributed by atoms with van der Waals surface area (Å²) in [6.07, 6.45) is 0. The molecule has 6 aromatic carbocycles. The van der Waals surface area contributed by atoms with Crippen molar-refractivity contribution >= 4 is 43.7 Å². The highest BCUT2D eigenvalue weighted by atomic mass is 15.3. The number of anilines is 2. The maximum Gasteiger partial charge on any atom is 0.161 e. The van der Waals surface area contributed by atoms with Gasteiger partial charge in [-0.15, -0.1) is 0 Å². The van der Waals surface area contributed by atoms with Crippen LogP contribution in [0.3, 0.4) is 0 Å². The van der Waals surface area contributed by atoms with Crippen LogP contribution in [0.2, 0.25) is 0 Å². The summed E-state index contributed by atoms with van der Waals surface area (Å²) in [5, 5.41) is 15.5. The zero-order valence-electron chi connectivity index (χ0n) is 18.0. The second kappa shape index (κ2) is 6.85. The summed E-state index contributed by atoms with van der Waals surface area (Å²) in [4.78, 5) is 0. The third-order valence-corrected chi connectivity index (χ3v) is 6.94. The van der Waals surface area contributed by atoms with Gasteiger partial charge in [0.2, 0.25) is 0 Å². The zero-order chi connectivity index (χ0) is 21.8. The van der Waals surface area contributed by atoms with Gasteiger partial charge >= 0.3 is 0 Å². The maximum absolute atomic E-state index is 3.87. The molecular formula is C31H22N2. The molecule has 0 aromatic heterocycles. The molecule has 0 radical (unpaired) electrons. The minimum atomic E-state index is -0.520. The first-order chi connectivity index (χ1) is 16.3. The Morgan fingerprint density at radius 1 is 0.364 bits per heavy atom. The van der Waals surface area contributed by atoms with Gasteiger partial charge in [-0.1, -0.05) is 109 Å². The number of rotatable bonds is 2. The van der Waals surface area contributed by atoms with Crippen LogP contribution in [0.15, 0.2) is 121 Å². The highest BCUT2D eigenvalue weighted by molar-refractivity contribution is 6.26. The first kappa shape index (κ1) is 18.3. The predicted octanol–water partition coefficient (Wildman–Crippen LogP) is 7.88. The molecule has 2 N–H and O–H groups in total. The van der Waals surface area contributed by atoms with Gasteiger partial charge in [-0.25, -0.2) is 0 Å². The van der Waals surface area contributed by atoms with E-state index in [0.717, 1.165) is 11.4 Å². The third kappa shape index (κ3) is 2.61. The molecule has 0 atom stereocenters. The third-order valence-electron chi connectivity index (χ3n) is 6.94. The van der Waals surface area contributed by atoms with E-state index in [-0.39, 0.29) is 0 Å². The molecule has 0 spiro atoms. The Kier molecular flexibility index (Phi) is 3.80. The Bertz CT molecular complexity index is 1530. The lowest BCUT2D eigenvalue weighted by Crippen LogP contribution is -2.39. The number of fused-ring (bicyclic) bond motifs is 7. The van der Waals surface area contributed by atoms with Crippen LogP contribution in [0, 0.1) is 0 Å². The summed E-state index contributed by atoms with van der Waals surface area (Å²) in [7, 11) is 0. The fraction of sp³-hybridized carbons (Fsp3) is 0.0323. The predicted molar refractivity (Wildman–Crippen MR) is 140 cm³/mol. The first-order valence-electron chi connectivity index (χ1n) is 11.4. The standard InChI is InChI=1S/C31H22N2/c1-3-11-21(12-4-1)31(22-13-5-2-6-14-22)32-29-19-27-25-17-9-7-15-23(25)24-16-8-10-18-26(24)28(27)20-30(29)33-31/h1-20,32-33H. The molecule has 0 saturated carbocycles. The molecule has 2 heteroatoms. The molecule has 6 aromatic rings. The minimum Gasteiger partial charge on any atom is -0.354 e. The van der Waals surface area contributed by atoms with E-state index in [1.165, 1.54) is 43.4 Å². The SMILES string of the molecule is c1ccc(C2(c3ccccc3)Nc3cc4c5ccccc5c5ccccc5c4cc3N2)cc1. The van der Waals surface area contributed by atoms with Gasteiger partial charge in [0, 0.05) is 11.1 Å². The van der Waals surface area contributed by atoms with Crippen LogP contribution in [-0.2, 0) is 5.66 Å². The average Bonchev–Trinajstić information content (AvgIpc) is 3.29. The van der Waals surface area contributed by atoms with Crippen LogP contribution in [0.4, 0.5) is 11.4 Å². The number of hydrogen-bond donors (Lipinski definition) is 2. The van der Waals surface area contributed by atoms with E-state index >= 15 is 0 Å². The lowest BCUT2D eigenvalue weighted by molar-refractivity contribution is 0.704. The van der Waals surface area contributed by atoms with E-state index in [4.69, 9.17) is 0 Å². The van der Waals surface area contributed by atoms with Gasteiger partial charge in [-0.2, -0.15) is 0 Å². The zero-order valence-corrected chi connectivity index (χ0v) is 18.0. The minimum absolute atomic E-state index is 0.520. The second-order valence-corrected chi connectivity index (χ2v) is 8.77. The van der Waals surface area contributed by atoms with Gasteiger partial charge in [-0.3, -0.25) is 0 Å². The van der Waals surface area contributed by atoms with Gasteiger partial charge in [0.15, 0.2) is 5.66 Å². The van der Waals surface area contributed by atoms with Crippen molar-refractivity contribution in [3.8, 4) is 0 Å². The Balaban J connectivity index is 1.53. The Morgan fingerprint density at radius 3 is 1.09 bits per heavy atom. The van der Waals surface area contributed by atoms with Gasteiger partial charge in [-0.05, 0) is 44.5 Å². The van der Waals surface area contributed by atoms with Gasteiger partial charge in [0.1, 0.15) is 0 Å². The molecule has 1 heterocycles. The van der Waals surface area contributed by atoms with Crippen LogP contribution < -0.4 is 10.6 Å². The molecule has 1 aliphatic rings. The first-order valence-corrected chi connectivity index (χ1v) is 11.4. The topological polar surface area (TPSA) is 24.1 Å². The van der Waals surface area contributed by atoms with E-state index in [2.05, 4.69) is 132 Å². The van der Waals surface area contributed by atoms with Crippen molar-refractivity contribution in [2.24, 2.45) is 0 Å². The smallest absolute Gasteiger partial charge is 0.161 e. The molecule has 33 heavy (non-hydrogen) atoms. The monoisotopic (exact) mass is 422 g/mol. The summed E-state index contributed by atoms with van der Waals surface area (Å²) < 4.78 is 0. The molecule has 156 valence electrons. The van der Waals surface area contributed by atoms with E-state index < -0.39 is 5.66 Å². The van der Waals surface area contributed by atoms with Crippen LogP contribution >= 0.6 is 0 Å².